The molecule has 0 spiro atoms. The SMILES string of the molecule is CNC(=O)C1=CCC2C3CCc4cc(OS(N)(=O)=O)ccc4C3CCC12C. The third kappa shape index (κ3) is 3.06. The van der Waals surface area contributed by atoms with E-state index in [2.05, 4.69) is 18.3 Å². The third-order valence-corrected chi connectivity index (χ3v) is 7.39. The summed E-state index contributed by atoms with van der Waals surface area (Å²) in [6.07, 6.45) is 7.07. The summed E-state index contributed by atoms with van der Waals surface area (Å²) in [7, 11) is -2.31. The third-order valence-electron chi connectivity index (χ3n) is 6.96. The van der Waals surface area contributed by atoms with Crippen LogP contribution in [0, 0.1) is 17.3 Å². The number of carbonyl (C=O) groups excluding carboxylic acids is 1. The monoisotopic (exact) mass is 390 g/mol. The van der Waals surface area contributed by atoms with Gasteiger partial charge in [-0.1, -0.05) is 19.1 Å². The van der Waals surface area contributed by atoms with E-state index in [-0.39, 0.29) is 17.1 Å². The highest BCUT2D eigenvalue weighted by Crippen LogP contribution is 2.61. The number of allylic oxidation sites excluding steroid dienone is 1. The molecule has 1 amide bonds. The average molecular weight is 391 g/mol. The Balaban J connectivity index is 1.61. The molecule has 1 fully saturated rings. The molecule has 0 radical (unpaired) electrons. The fourth-order valence-electron chi connectivity index (χ4n) is 5.80. The number of fused-ring (bicyclic) bond motifs is 5. The van der Waals surface area contributed by atoms with E-state index in [0.717, 1.165) is 43.2 Å². The molecule has 3 aliphatic rings. The highest BCUT2D eigenvalue weighted by atomic mass is 32.2. The van der Waals surface area contributed by atoms with Crippen LogP contribution in [0.25, 0.3) is 0 Å². The first-order valence-corrected chi connectivity index (χ1v) is 11.0. The number of aryl methyl sites for hydroxylation is 1. The molecule has 27 heavy (non-hydrogen) atoms. The lowest BCUT2D eigenvalue weighted by atomic mass is 9.54. The van der Waals surface area contributed by atoms with E-state index < -0.39 is 10.3 Å². The highest BCUT2D eigenvalue weighted by molar-refractivity contribution is 7.84. The Kier molecular flexibility index (Phi) is 4.35. The van der Waals surface area contributed by atoms with Crippen LogP contribution in [0.2, 0.25) is 0 Å². The molecule has 0 aromatic heterocycles. The summed E-state index contributed by atoms with van der Waals surface area (Å²) < 4.78 is 27.2. The van der Waals surface area contributed by atoms with Gasteiger partial charge in [0.2, 0.25) is 5.91 Å². The number of likely N-dealkylation sites (N-methyl/N-ethyl adjacent to an activating group) is 1. The van der Waals surface area contributed by atoms with Gasteiger partial charge in [0, 0.05) is 18.0 Å². The molecule has 4 rings (SSSR count). The molecule has 3 N–H and O–H groups in total. The maximum absolute atomic E-state index is 12.3. The molecule has 4 unspecified atom stereocenters. The summed E-state index contributed by atoms with van der Waals surface area (Å²) in [4.78, 5) is 12.3. The van der Waals surface area contributed by atoms with Crippen molar-refractivity contribution in [1.29, 1.82) is 0 Å². The lowest BCUT2D eigenvalue weighted by Crippen LogP contribution is -2.43. The van der Waals surface area contributed by atoms with Gasteiger partial charge in [0.05, 0.1) is 0 Å². The highest BCUT2D eigenvalue weighted by Gasteiger charge is 2.53. The maximum atomic E-state index is 12.3. The molecule has 0 aliphatic heterocycles. The Morgan fingerprint density at radius 2 is 2.11 bits per heavy atom. The van der Waals surface area contributed by atoms with Gasteiger partial charge < -0.3 is 9.50 Å². The number of rotatable bonds is 3. The van der Waals surface area contributed by atoms with Gasteiger partial charge in [-0.2, -0.15) is 13.6 Å². The van der Waals surface area contributed by atoms with Gasteiger partial charge in [0.1, 0.15) is 5.75 Å². The van der Waals surface area contributed by atoms with Crippen molar-refractivity contribution in [2.24, 2.45) is 22.4 Å². The lowest BCUT2D eigenvalue weighted by Gasteiger charge is -2.50. The van der Waals surface area contributed by atoms with Crippen molar-refractivity contribution < 1.29 is 17.4 Å². The summed E-state index contributed by atoms with van der Waals surface area (Å²) in [5.74, 6) is 1.81. The minimum Gasteiger partial charge on any atom is -0.371 e. The number of nitrogens with two attached hydrogens (primary N) is 1. The Hall–Kier alpha value is -1.86. The van der Waals surface area contributed by atoms with Crippen molar-refractivity contribution in [1.82, 2.24) is 5.32 Å². The van der Waals surface area contributed by atoms with Crippen LogP contribution in [0.3, 0.4) is 0 Å². The molecule has 6 nitrogen and oxygen atoms in total. The van der Waals surface area contributed by atoms with E-state index in [1.807, 2.05) is 12.1 Å². The van der Waals surface area contributed by atoms with Crippen molar-refractivity contribution in [3.05, 3.63) is 41.0 Å². The number of hydrogen-bond acceptors (Lipinski definition) is 4. The number of hydrogen-bond donors (Lipinski definition) is 2. The minimum atomic E-state index is -4.01. The Labute approximate surface area is 160 Å². The van der Waals surface area contributed by atoms with E-state index in [4.69, 9.17) is 9.32 Å². The van der Waals surface area contributed by atoms with Crippen LogP contribution in [-0.4, -0.2) is 21.4 Å². The molecule has 146 valence electrons. The van der Waals surface area contributed by atoms with Crippen molar-refractivity contribution in [2.45, 2.75) is 44.9 Å². The first kappa shape index (κ1) is 18.5. The molecular weight excluding hydrogens is 364 g/mol. The first-order chi connectivity index (χ1) is 12.7. The molecule has 4 atom stereocenters. The standard InChI is InChI=1S/C20H26N2O4S/c1-20-10-9-15-14-6-4-13(26-27(21,24)25)11-12(14)3-5-16(15)17(20)7-8-18(20)19(23)22-2/h4,6,8,11,15-17H,3,5,7,9-10H2,1-2H3,(H,22,23)(H2,21,24,25). The van der Waals surface area contributed by atoms with Crippen LogP contribution in [-0.2, 0) is 21.5 Å². The number of carbonyl (C=O) groups is 1. The molecule has 0 heterocycles. The quantitative estimate of drug-likeness (QED) is 0.828. The van der Waals surface area contributed by atoms with Crippen molar-refractivity contribution >= 4 is 16.2 Å². The molecule has 1 saturated carbocycles. The van der Waals surface area contributed by atoms with E-state index in [9.17, 15) is 13.2 Å². The van der Waals surface area contributed by atoms with Gasteiger partial charge in [-0.25, -0.2) is 0 Å². The number of benzene rings is 1. The van der Waals surface area contributed by atoms with Crippen molar-refractivity contribution in [3.8, 4) is 5.75 Å². The fraction of sp³-hybridized carbons (Fsp3) is 0.550. The summed E-state index contributed by atoms with van der Waals surface area (Å²) in [5, 5.41) is 7.78. The second-order valence-corrected chi connectivity index (χ2v) is 9.39. The zero-order chi connectivity index (χ0) is 19.4. The zero-order valence-corrected chi connectivity index (χ0v) is 16.5. The summed E-state index contributed by atoms with van der Waals surface area (Å²) in [6.45, 7) is 2.25. The molecule has 0 bridgehead atoms. The van der Waals surface area contributed by atoms with Gasteiger partial charge in [-0.15, -0.1) is 0 Å². The van der Waals surface area contributed by atoms with Crippen molar-refractivity contribution in [2.75, 3.05) is 7.05 Å². The number of amides is 1. The van der Waals surface area contributed by atoms with Crippen molar-refractivity contribution in [3.63, 3.8) is 0 Å². The predicted molar refractivity (Wildman–Crippen MR) is 102 cm³/mol. The molecule has 0 saturated heterocycles. The van der Waals surface area contributed by atoms with Crippen LogP contribution >= 0.6 is 0 Å². The van der Waals surface area contributed by atoms with Crippen LogP contribution in [0.1, 0.15) is 49.7 Å². The molecule has 3 aliphatic carbocycles. The smallest absolute Gasteiger partial charge is 0.371 e. The van der Waals surface area contributed by atoms with Crippen LogP contribution in [0.5, 0.6) is 5.75 Å². The van der Waals surface area contributed by atoms with Gasteiger partial charge in [-0.3, -0.25) is 4.79 Å². The largest absolute Gasteiger partial charge is 0.380 e. The second kappa shape index (κ2) is 6.34. The topological polar surface area (TPSA) is 98.5 Å². The molecular formula is C20H26N2O4S. The first-order valence-electron chi connectivity index (χ1n) is 9.50. The lowest BCUT2D eigenvalue weighted by molar-refractivity contribution is -0.118. The average Bonchev–Trinajstić information content (AvgIpc) is 2.96. The van der Waals surface area contributed by atoms with Gasteiger partial charge in [0.25, 0.3) is 0 Å². The van der Waals surface area contributed by atoms with Gasteiger partial charge >= 0.3 is 10.3 Å². The van der Waals surface area contributed by atoms with Crippen LogP contribution in [0.15, 0.2) is 29.8 Å². The van der Waals surface area contributed by atoms with Crippen LogP contribution < -0.4 is 14.6 Å². The fourth-order valence-corrected chi connectivity index (χ4v) is 6.17. The number of nitrogens with one attached hydrogen (secondary N) is 1. The predicted octanol–water partition coefficient (Wildman–Crippen LogP) is 2.41. The molecule has 1 aromatic rings. The zero-order valence-electron chi connectivity index (χ0n) is 15.7. The van der Waals surface area contributed by atoms with Crippen LogP contribution in [0.4, 0.5) is 0 Å². The summed E-state index contributed by atoms with van der Waals surface area (Å²) >= 11 is 0. The van der Waals surface area contributed by atoms with Gasteiger partial charge in [-0.05, 0) is 73.1 Å². The Bertz CT molecular complexity index is 924. The molecule has 7 heteroatoms. The Morgan fingerprint density at radius 3 is 2.81 bits per heavy atom. The van der Waals surface area contributed by atoms with E-state index in [1.54, 1.807) is 13.1 Å². The summed E-state index contributed by atoms with van der Waals surface area (Å²) in [6, 6.07) is 5.51. The second-order valence-electron chi connectivity index (χ2n) is 8.24. The van der Waals surface area contributed by atoms with Gasteiger partial charge in [0.15, 0.2) is 0 Å². The normalized spacial score (nSPS) is 32.0. The van der Waals surface area contributed by atoms with E-state index in [1.165, 1.54) is 5.56 Å². The maximum Gasteiger partial charge on any atom is 0.380 e. The van der Waals surface area contributed by atoms with E-state index >= 15 is 0 Å². The summed E-state index contributed by atoms with van der Waals surface area (Å²) in [5.41, 5.74) is 3.35. The molecule has 1 aromatic carbocycles. The van der Waals surface area contributed by atoms with E-state index in [0.29, 0.717) is 17.8 Å². The minimum absolute atomic E-state index is 0.0462. The Morgan fingerprint density at radius 1 is 1.33 bits per heavy atom.